The maximum atomic E-state index is 11.4. The van der Waals surface area contributed by atoms with E-state index in [1.54, 1.807) is 20.8 Å². The molecule has 8 nitrogen and oxygen atoms in total. The van der Waals surface area contributed by atoms with Crippen molar-refractivity contribution in [3.8, 4) is 0 Å². The Balaban J connectivity index is 0.000000541. The second-order valence-electron chi connectivity index (χ2n) is 6.55. The van der Waals surface area contributed by atoms with Gasteiger partial charge in [0, 0.05) is 12.3 Å². The van der Waals surface area contributed by atoms with Crippen LogP contribution >= 0.6 is 0 Å². The van der Waals surface area contributed by atoms with Crippen molar-refractivity contribution in [1.82, 2.24) is 0 Å². The maximum absolute atomic E-state index is 11.4. The van der Waals surface area contributed by atoms with Gasteiger partial charge in [0.25, 0.3) is 5.97 Å². The molecular weight excluding hydrogens is 296 g/mol. The van der Waals surface area contributed by atoms with Crippen molar-refractivity contribution in [2.75, 3.05) is 0 Å². The molecule has 5 unspecified atom stereocenters. The lowest BCUT2D eigenvalue weighted by Gasteiger charge is -2.58. The Labute approximate surface area is 126 Å². The molecule has 8 heteroatoms. The van der Waals surface area contributed by atoms with Crippen LogP contribution in [0.15, 0.2) is 0 Å². The van der Waals surface area contributed by atoms with E-state index in [9.17, 15) is 29.7 Å². The average Bonchev–Trinajstić information content (AvgIpc) is 2.69. The van der Waals surface area contributed by atoms with Crippen LogP contribution in [0.1, 0.15) is 27.7 Å². The lowest BCUT2D eigenvalue weighted by atomic mass is 9.44. The molecule has 0 aromatic heterocycles. The molecule has 22 heavy (non-hydrogen) atoms. The third kappa shape index (κ3) is 2.13. The first-order valence-corrected chi connectivity index (χ1v) is 6.69. The summed E-state index contributed by atoms with van der Waals surface area (Å²) < 4.78 is 0. The van der Waals surface area contributed by atoms with E-state index in [0.29, 0.717) is 0 Å². The summed E-state index contributed by atoms with van der Waals surface area (Å²) in [6, 6.07) is 0. The molecule has 3 aliphatic carbocycles. The third-order valence-electron chi connectivity index (χ3n) is 5.44. The molecule has 0 amide bonds. The zero-order valence-electron chi connectivity index (χ0n) is 12.7. The Morgan fingerprint density at radius 1 is 0.773 bits per heavy atom. The van der Waals surface area contributed by atoms with E-state index in [1.165, 1.54) is 0 Å². The van der Waals surface area contributed by atoms with Crippen LogP contribution in [-0.2, 0) is 19.2 Å². The van der Waals surface area contributed by atoms with Crippen LogP contribution < -0.4 is 0 Å². The molecule has 3 fully saturated rings. The van der Waals surface area contributed by atoms with Crippen molar-refractivity contribution in [2.24, 2.45) is 34.5 Å². The van der Waals surface area contributed by atoms with Gasteiger partial charge in [-0.1, -0.05) is 20.8 Å². The SMILES string of the molecule is CC(=O)O.CC1(C)C2C(C(=O)O)C(C(=O)O)C1(C)C2C(=O)O. The highest BCUT2D eigenvalue weighted by Gasteiger charge is 2.82. The normalized spacial score (nSPS) is 37.3. The smallest absolute Gasteiger partial charge is 0.307 e. The van der Waals surface area contributed by atoms with Gasteiger partial charge >= 0.3 is 17.9 Å². The van der Waals surface area contributed by atoms with Crippen LogP contribution in [0.2, 0.25) is 0 Å². The number of hydrogen-bond donors (Lipinski definition) is 4. The topological polar surface area (TPSA) is 149 Å². The molecule has 124 valence electrons. The minimum absolute atomic E-state index is 0.595. The van der Waals surface area contributed by atoms with Gasteiger partial charge in [-0.25, -0.2) is 0 Å². The third-order valence-corrected chi connectivity index (χ3v) is 5.44. The quantitative estimate of drug-likeness (QED) is 0.598. The summed E-state index contributed by atoms with van der Waals surface area (Å²) in [6.45, 7) is 6.19. The Morgan fingerprint density at radius 3 is 1.36 bits per heavy atom. The minimum Gasteiger partial charge on any atom is -0.481 e. The highest BCUT2D eigenvalue weighted by atomic mass is 16.4. The predicted molar refractivity (Wildman–Crippen MR) is 72.1 cm³/mol. The number of carboxylic acid groups (broad SMARTS) is 4. The van der Waals surface area contributed by atoms with Crippen LogP contribution in [0.3, 0.4) is 0 Å². The minimum atomic E-state index is -1.22. The first-order valence-electron chi connectivity index (χ1n) is 6.69. The van der Waals surface area contributed by atoms with E-state index in [0.717, 1.165) is 6.92 Å². The first-order chi connectivity index (χ1) is 9.81. The Kier molecular flexibility index (Phi) is 4.29. The molecule has 0 heterocycles. The standard InChI is InChI=1S/C12H16O6.C2H4O2/c1-11(2)5-4(8(13)14)6(9(15)16)12(11,3)7(5)10(17)18;1-2(3)4/h4-7H,1-3H3,(H,13,14)(H,15,16)(H,17,18);1H3,(H,3,4). The molecule has 0 aromatic rings. The van der Waals surface area contributed by atoms with Crippen LogP contribution in [0.25, 0.3) is 0 Å². The van der Waals surface area contributed by atoms with Gasteiger partial charge in [0.05, 0.1) is 17.8 Å². The van der Waals surface area contributed by atoms with Crippen LogP contribution in [0.5, 0.6) is 0 Å². The van der Waals surface area contributed by atoms with Crippen molar-refractivity contribution < 1.29 is 39.6 Å². The second kappa shape index (κ2) is 5.26. The lowest BCUT2D eigenvalue weighted by Crippen LogP contribution is -2.60. The summed E-state index contributed by atoms with van der Waals surface area (Å²) in [5.74, 6) is -8.15. The summed E-state index contributed by atoms with van der Waals surface area (Å²) >= 11 is 0. The van der Waals surface area contributed by atoms with Gasteiger partial charge in [0.1, 0.15) is 0 Å². The van der Waals surface area contributed by atoms with Gasteiger partial charge in [-0.15, -0.1) is 0 Å². The number of carbonyl (C=O) groups is 4. The van der Waals surface area contributed by atoms with Gasteiger partial charge in [-0.3, -0.25) is 19.2 Å². The fraction of sp³-hybridized carbons (Fsp3) is 0.714. The van der Waals surface area contributed by atoms with Crippen LogP contribution in [0.4, 0.5) is 0 Å². The summed E-state index contributed by atoms with van der Waals surface area (Å²) in [5, 5.41) is 35.1. The van der Waals surface area contributed by atoms with Gasteiger partial charge < -0.3 is 20.4 Å². The van der Waals surface area contributed by atoms with Crippen molar-refractivity contribution >= 4 is 23.9 Å². The first kappa shape index (κ1) is 17.9. The number of hydrogen-bond acceptors (Lipinski definition) is 4. The Morgan fingerprint density at radius 2 is 1.14 bits per heavy atom. The van der Waals surface area contributed by atoms with E-state index in [1.807, 2.05) is 0 Å². The van der Waals surface area contributed by atoms with Crippen molar-refractivity contribution in [3.63, 3.8) is 0 Å². The zero-order chi connectivity index (χ0) is 17.6. The molecule has 4 N–H and O–H groups in total. The Hall–Kier alpha value is -2.12. The highest BCUT2D eigenvalue weighted by Crippen LogP contribution is 2.78. The molecule has 0 aromatic carbocycles. The van der Waals surface area contributed by atoms with Crippen LogP contribution in [0, 0.1) is 34.5 Å². The molecule has 0 radical (unpaired) electrons. The summed E-state index contributed by atoms with van der Waals surface area (Å²) in [7, 11) is 0. The predicted octanol–water partition coefficient (Wildman–Crippen LogP) is 0.856. The fourth-order valence-electron chi connectivity index (χ4n) is 4.40. The van der Waals surface area contributed by atoms with Gasteiger partial charge in [-0.05, 0) is 11.3 Å². The highest BCUT2D eigenvalue weighted by molar-refractivity contribution is 5.88. The fourth-order valence-corrected chi connectivity index (χ4v) is 4.40. The molecule has 5 atom stereocenters. The number of carboxylic acids is 4. The van der Waals surface area contributed by atoms with Crippen molar-refractivity contribution in [3.05, 3.63) is 0 Å². The largest absolute Gasteiger partial charge is 0.481 e. The summed E-state index contributed by atoms with van der Waals surface area (Å²) in [4.78, 5) is 42.9. The van der Waals surface area contributed by atoms with Crippen LogP contribution in [-0.4, -0.2) is 44.3 Å². The molecule has 0 saturated heterocycles. The summed E-state index contributed by atoms with van der Waals surface area (Å²) in [6.07, 6.45) is 0. The molecule has 2 bridgehead atoms. The van der Waals surface area contributed by atoms with E-state index in [4.69, 9.17) is 9.90 Å². The van der Waals surface area contributed by atoms with Gasteiger partial charge in [-0.2, -0.15) is 0 Å². The van der Waals surface area contributed by atoms with E-state index in [-0.39, 0.29) is 0 Å². The van der Waals surface area contributed by atoms with Crippen molar-refractivity contribution in [1.29, 1.82) is 0 Å². The van der Waals surface area contributed by atoms with E-state index < -0.39 is 58.4 Å². The Bertz CT molecular complexity index is 533. The molecule has 0 aliphatic heterocycles. The monoisotopic (exact) mass is 316 g/mol. The van der Waals surface area contributed by atoms with Crippen molar-refractivity contribution in [2.45, 2.75) is 27.7 Å². The maximum Gasteiger partial charge on any atom is 0.307 e. The average molecular weight is 316 g/mol. The van der Waals surface area contributed by atoms with Gasteiger partial charge in [0.2, 0.25) is 0 Å². The van der Waals surface area contributed by atoms with E-state index in [2.05, 4.69) is 0 Å². The molecule has 3 aliphatic rings. The summed E-state index contributed by atoms with van der Waals surface area (Å²) in [5.41, 5.74) is -1.61. The lowest BCUT2D eigenvalue weighted by molar-refractivity contribution is -0.187. The number of rotatable bonds is 3. The second-order valence-corrected chi connectivity index (χ2v) is 6.55. The number of fused-ring (bicyclic) bond motifs is 1. The van der Waals surface area contributed by atoms with Gasteiger partial charge in [0.15, 0.2) is 0 Å². The molecule has 0 spiro atoms. The molecular formula is C14H20O8. The molecule has 3 saturated carbocycles. The molecule has 3 rings (SSSR count). The van der Waals surface area contributed by atoms with E-state index >= 15 is 0 Å². The number of aliphatic carboxylic acids is 4. The zero-order valence-corrected chi connectivity index (χ0v) is 12.7.